The third-order valence-electron chi connectivity index (χ3n) is 5.33. The number of carbonyl (C=O) groups excluding carboxylic acids is 1. The number of aromatic nitrogens is 4. The van der Waals surface area contributed by atoms with Crippen molar-refractivity contribution in [1.82, 2.24) is 30.0 Å². The standard InChI is InChI=1S/C21H19F5N6O2/c22-20(23)34-17-4-2-1-3-16(17)19(33)31-11-9-30(10-12-31)13-18-27-28-29-32(18)15-7-5-14(6-8-15)21(24,25)26/h1-8,20H,9-13H2. The average Bonchev–Trinajstić information content (AvgIpc) is 3.27. The zero-order valence-electron chi connectivity index (χ0n) is 17.6. The number of tetrazole rings is 1. The molecule has 8 nitrogen and oxygen atoms in total. The molecule has 2 heterocycles. The number of carbonyl (C=O) groups is 1. The highest BCUT2D eigenvalue weighted by Gasteiger charge is 2.30. The highest BCUT2D eigenvalue weighted by molar-refractivity contribution is 5.97. The predicted octanol–water partition coefficient (Wildman–Crippen LogP) is 3.24. The van der Waals surface area contributed by atoms with Crippen LogP contribution < -0.4 is 4.74 Å². The van der Waals surface area contributed by atoms with E-state index in [4.69, 9.17) is 0 Å². The van der Waals surface area contributed by atoms with Crippen LogP contribution in [0.5, 0.6) is 5.75 Å². The van der Waals surface area contributed by atoms with Crippen molar-refractivity contribution in [2.24, 2.45) is 0 Å². The van der Waals surface area contributed by atoms with Crippen molar-refractivity contribution in [3.05, 3.63) is 65.5 Å². The SMILES string of the molecule is O=C(c1ccccc1OC(F)F)N1CCN(Cc2nnnn2-c2ccc(C(F)(F)F)cc2)CC1. The summed E-state index contributed by atoms with van der Waals surface area (Å²) in [5, 5.41) is 11.5. The third kappa shape index (κ3) is 5.30. The first-order valence-corrected chi connectivity index (χ1v) is 10.2. The van der Waals surface area contributed by atoms with Gasteiger partial charge in [0, 0.05) is 26.2 Å². The summed E-state index contributed by atoms with van der Waals surface area (Å²) in [4.78, 5) is 16.4. The Hall–Kier alpha value is -3.61. The van der Waals surface area contributed by atoms with Gasteiger partial charge in [0.25, 0.3) is 5.91 Å². The Morgan fingerprint density at radius 1 is 1.00 bits per heavy atom. The van der Waals surface area contributed by atoms with Crippen LogP contribution in [-0.2, 0) is 12.7 Å². The number of para-hydroxylation sites is 1. The molecule has 0 atom stereocenters. The highest BCUT2D eigenvalue weighted by atomic mass is 19.4. The Labute approximate surface area is 190 Å². The first-order chi connectivity index (χ1) is 16.2. The smallest absolute Gasteiger partial charge is 0.416 e. The molecule has 180 valence electrons. The Balaban J connectivity index is 1.39. The predicted molar refractivity (Wildman–Crippen MR) is 108 cm³/mol. The lowest BCUT2D eigenvalue weighted by Gasteiger charge is -2.34. The molecule has 0 radical (unpaired) electrons. The number of nitrogens with zero attached hydrogens (tertiary/aromatic N) is 6. The number of benzene rings is 2. The van der Waals surface area contributed by atoms with E-state index in [1.54, 1.807) is 11.0 Å². The van der Waals surface area contributed by atoms with Gasteiger partial charge in [-0.1, -0.05) is 12.1 Å². The van der Waals surface area contributed by atoms with Crippen LogP contribution in [-0.4, -0.2) is 68.7 Å². The zero-order valence-corrected chi connectivity index (χ0v) is 17.6. The van der Waals surface area contributed by atoms with E-state index in [0.717, 1.165) is 12.1 Å². The summed E-state index contributed by atoms with van der Waals surface area (Å²) < 4.78 is 69.5. The van der Waals surface area contributed by atoms with Gasteiger partial charge >= 0.3 is 12.8 Å². The Morgan fingerprint density at radius 3 is 2.32 bits per heavy atom. The van der Waals surface area contributed by atoms with E-state index in [2.05, 4.69) is 20.3 Å². The number of piperazine rings is 1. The van der Waals surface area contributed by atoms with Gasteiger partial charge in [0.15, 0.2) is 5.82 Å². The van der Waals surface area contributed by atoms with Gasteiger partial charge in [-0.25, -0.2) is 0 Å². The minimum absolute atomic E-state index is 0.0579. The quantitative estimate of drug-likeness (QED) is 0.503. The molecule has 1 aliphatic rings. The molecule has 0 aliphatic carbocycles. The molecule has 0 bridgehead atoms. The van der Waals surface area contributed by atoms with Crippen LogP contribution in [0.1, 0.15) is 21.7 Å². The van der Waals surface area contributed by atoms with Crippen LogP contribution in [0.3, 0.4) is 0 Å². The second kappa shape index (κ2) is 9.71. The topological polar surface area (TPSA) is 76.4 Å². The number of alkyl halides is 5. The third-order valence-corrected chi connectivity index (χ3v) is 5.33. The first-order valence-electron chi connectivity index (χ1n) is 10.2. The number of hydrogen-bond donors (Lipinski definition) is 0. The van der Waals surface area contributed by atoms with Crippen molar-refractivity contribution < 1.29 is 31.5 Å². The number of rotatable bonds is 6. The molecular formula is C21H19F5N6O2. The van der Waals surface area contributed by atoms with Crippen molar-refractivity contribution in [1.29, 1.82) is 0 Å². The van der Waals surface area contributed by atoms with E-state index in [0.29, 0.717) is 44.2 Å². The fourth-order valence-corrected chi connectivity index (χ4v) is 3.62. The molecule has 1 aliphatic heterocycles. The van der Waals surface area contributed by atoms with Gasteiger partial charge in [0.1, 0.15) is 5.75 Å². The van der Waals surface area contributed by atoms with Gasteiger partial charge in [0.05, 0.1) is 23.4 Å². The van der Waals surface area contributed by atoms with Crippen molar-refractivity contribution in [2.45, 2.75) is 19.3 Å². The molecule has 0 saturated carbocycles. The van der Waals surface area contributed by atoms with Gasteiger partial charge in [-0.3, -0.25) is 9.69 Å². The average molecular weight is 482 g/mol. The summed E-state index contributed by atoms with van der Waals surface area (Å²) in [5.74, 6) is -0.165. The molecule has 2 aromatic carbocycles. The van der Waals surface area contributed by atoms with Crippen LogP contribution in [0, 0.1) is 0 Å². The van der Waals surface area contributed by atoms with Gasteiger partial charge in [-0.2, -0.15) is 26.6 Å². The van der Waals surface area contributed by atoms with Crippen LogP contribution in [0.15, 0.2) is 48.5 Å². The molecule has 1 saturated heterocycles. The van der Waals surface area contributed by atoms with Gasteiger partial charge < -0.3 is 9.64 Å². The summed E-state index contributed by atoms with van der Waals surface area (Å²) in [7, 11) is 0. The van der Waals surface area contributed by atoms with E-state index in [1.165, 1.54) is 35.0 Å². The van der Waals surface area contributed by atoms with E-state index in [1.807, 2.05) is 4.90 Å². The molecule has 0 N–H and O–H groups in total. The molecule has 1 aromatic heterocycles. The highest BCUT2D eigenvalue weighted by Crippen LogP contribution is 2.29. The summed E-state index contributed by atoms with van der Waals surface area (Å²) in [6, 6.07) is 10.3. The fourth-order valence-electron chi connectivity index (χ4n) is 3.62. The number of halogens is 5. The molecule has 4 rings (SSSR count). The molecule has 13 heteroatoms. The van der Waals surface area contributed by atoms with E-state index in [-0.39, 0.29) is 11.3 Å². The first kappa shape index (κ1) is 23.5. The van der Waals surface area contributed by atoms with E-state index < -0.39 is 24.3 Å². The Bertz CT molecular complexity index is 1130. The lowest BCUT2D eigenvalue weighted by Crippen LogP contribution is -2.48. The van der Waals surface area contributed by atoms with Crippen molar-refractivity contribution in [2.75, 3.05) is 26.2 Å². The molecule has 34 heavy (non-hydrogen) atoms. The maximum atomic E-state index is 12.8. The van der Waals surface area contributed by atoms with Crippen molar-refractivity contribution in [3.8, 4) is 11.4 Å². The minimum atomic E-state index is -4.44. The summed E-state index contributed by atoms with van der Waals surface area (Å²) >= 11 is 0. The summed E-state index contributed by atoms with van der Waals surface area (Å²) in [6.45, 7) is -1.14. The van der Waals surface area contributed by atoms with Crippen molar-refractivity contribution in [3.63, 3.8) is 0 Å². The Kier molecular flexibility index (Phi) is 6.72. The molecule has 1 amide bonds. The molecule has 1 fully saturated rings. The van der Waals surface area contributed by atoms with Crippen LogP contribution in [0.2, 0.25) is 0 Å². The molecule has 0 unspecified atom stereocenters. The van der Waals surface area contributed by atoms with Crippen LogP contribution in [0.25, 0.3) is 5.69 Å². The zero-order chi connectivity index (χ0) is 24.3. The van der Waals surface area contributed by atoms with E-state index in [9.17, 15) is 26.7 Å². The molecule has 3 aromatic rings. The van der Waals surface area contributed by atoms with Gasteiger partial charge in [-0.15, -0.1) is 5.10 Å². The van der Waals surface area contributed by atoms with E-state index >= 15 is 0 Å². The number of amides is 1. The summed E-state index contributed by atoms with van der Waals surface area (Å²) in [5.41, 5.74) is -0.327. The lowest BCUT2D eigenvalue weighted by molar-refractivity contribution is -0.137. The fraction of sp³-hybridized carbons (Fsp3) is 0.333. The van der Waals surface area contributed by atoms with Crippen molar-refractivity contribution >= 4 is 5.91 Å². The lowest BCUT2D eigenvalue weighted by atomic mass is 10.1. The monoisotopic (exact) mass is 482 g/mol. The van der Waals surface area contributed by atoms with Gasteiger partial charge in [0.2, 0.25) is 0 Å². The summed E-state index contributed by atoms with van der Waals surface area (Å²) in [6.07, 6.45) is -4.44. The minimum Gasteiger partial charge on any atom is -0.434 e. The normalized spacial score (nSPS) is 15.1. The maximum Gasteiger partial charge on any atom is 0.416 e. The van der Waals surface area contributed by atoms with Crippen LogP contribution >= 0.6 is 0 Å². The molecule has 0 spiro atoms. The number of ether oxygens (including phenoxy) is 1. The second-order valence-corrected chi connectivity index (χ2v) is 7.49. The largest absolute Gasteiger partial charge is 0.434 e. The maximum absolute atomic E-state index is 12.8. The van der Waals surface area contributed by atoms with Gasteiger partial charge in [-0.05, 0) is 46.8 Å². The Morgan fingerprint density at radius 2 is 1.68 bits per heavy atom. The van der Waals surface area contributed by atoms with Crippen LogP contribution in [0.4, 0.5) is 22.0 Å². The number of hydrogen-bond acceptors (Lipinski definition) is 6. The molecular weight excluding hydrogens is 463 g/mol. The second-order valence-electron chi connectivity index (χ2n) is 7.49.